The molecule has 0 fully saturated rings. The van der Waals surface area contributed by atoms with Crippen LogP contribution < -0.4 is 9.44 Å². The lowest BCUT2D eigenvalue weighted by Crippen LogP contribution is -2.15. The first-order valence-corrected chi connectivity index (χ1v) is 9.99. The topological polar surface area (TPSA) is 92.3 Å². The number of halogens is 3. The van der Waals surface area contributed by atoms with Crippen LogP contribution in [-0.2, 0) is 20.0 Å². The first-order chi connectivity index (χ1) is 11.0. The molecule has 0 spiro atoms. The SMILES string of the molecule is CS(=O)(=O)Nc1ccc(NS(=O)(=O)c2cccc(F)c2F)cc1Cl. The molecule has 0 aromatic heterocycles. The predicted molar refractivity (Wildman–Crippen MR) is 87.1 cm³/mol. The zero-order valence-electron chi connectivity index (χ0n) is 12.0. The number of benzene rings is 2. The zero-order valence-corrected chi connectivity index (χ0v) is 14.4. The minimum Gasteiger partial charge on any atom is -0.282 e. The lowest BCUT2D eigenvalue weighted by molar-refractivity contribution is 0.485. The normalized spacial score (nSPS) is 12.0. The van der Waals surface area contributed by atoms with Crippen LogP contribution in [0.1, 0.15) is 0 Å². The van der Waals surface area contributed by atoms with Gasteiger partial charge in [0, 0.05) is 0 Å². The Balaban J connectivity index is 2.34. The molecule has 0 amide bonds. The van der Waals surface area contributed by atoms with Gasteiger partial charge in [-0.25, -0.2) is 25.6 Å². The van der Waals surface area contributed by atoms with Gasteiger partial charge in [0.1, 0.15) is 4.90 Å². The summed E-state index contributed by atoms with van der Waals surface area (Å²) in [5.41, 5.74) is -0.0123. The Bertz CT molecular complexity index is 995. The third kappa shape index (κ3) is 4.34. The molecule has 2 rings (SSSR count). The third-order valence-electron chi connectivity index (χ3n) is 2.72. The van der Waals surface area contributed by atoms with Crippen molar-refractivity contribution >= 4 is 43.0 Å². The highest BCUT2D eigenvalue weighted by Gasteiger charge is 2.22. The molecule has 0 atom stereocenters. The Labute approximate surface area is 142 Å². The van der Waals surface area contributed by atoms with Crippen molar-refractivity contribution in [1.29, 1.82) is 0 Å². The van der Waals surface area contributed by atoms with Crippen molar-refractivity contribution < 1.29 is 25.6 Å². The van der Waals surface area contributed by atoms with E-state index >= 15 is 0 Å². The molecule has 0 heterocycles. The minimum absolute atomic E-state index is 0.0408. The second-order valence-corrected chi connectivity index (χ2v) is 8.53. The van der Waals surface area contributed by atoms with Crippen LogP contribution in [0.25, 0.3) is 0 Å². The van der Waals surface area contributed by atoms with Gasteiger partial charge in [-0.3, -0.25) is 9.44 Å². The van der Waals surface area contributed by atoms with Gasteiger partial charge in [0.25, 0.3) is 10.0 Å². The lowest BCUT2D eigenvalue weighted by Gasteiger charge is -2.11. The Morgan fingerprint density at radius 1 is 1.00 bits per heavy atom. The highest BCUT2D eigenvalue weighted by atomic mass is 35.5. The molecule has 2 aromatic carbocycles. The van der Waals surface area contributed by atoms with Crippen molar-refractivity contribution in [2.75, 3.05) is 15.7 Å². The van der Waals surface area contributed by atoms with Gasteiger partial charge in [-0.05, 0) is 30.3 Å². The second kappa shape index (κ2) is 6.54. The summed E-state index contributed by atoms with van der Waals surface area (Å²) in [5, 5.41) is -0.0830. The first kappa shape index (κ1) is 18.4. The van der Waals surface area contributed by atoms with Gasteiger partial charge in [0.05, 0.1) is 22.7 Å². The van der Waals surface area contributed by atoms with Crippen LogP contribution in [-0.4, -0.2) is 23.1 Å². The summed E-state index contributed by atoms with van der Waals surface area (Å²) in [4.78, 5) is -0.864. The van der Waals surface area contributed by atoms with Crippen molar-refractivity contribution in [1.82, 2.24) is 0 Å². The van der Waals surface area contributed by atoms with Crippen LogP contribution in [0.5, 0.6) is 0 Å². The van der Waals surface area contributed by atoms with E-state index in [1.165, 1.54) is 12.1 Å². The molecular formula is C13H11ClF2N2O4S2. The molecule has 11 heteroatoms. The van der Waals surface area contributed by atoms with Crippen molar-refractivity contribution in [3.05, 3.63) is 53.1 Å². The predicted octanol–water partition coefficient (Wildman–Crippen LogP) is 2.79. The van der Waals surface area contributed by atoms with Gasteiger partial charge < -0.3 is 0 Å². The van der Waals surface area contributed by atoms with Crippen LogP contribution in [0.2, 0.25) is 5.02 Å². The molecular weight excluding hydrogens is 386 g/mol. The van der Waals surface area contributed by atoms with Crippen molar-refractivity contribution in [2.45, 2.75) is 4.90 Å². The summed E-state index contributed by atoms with van der Waals surface area (Å²) < 4.78 is 77.6. The van der Waals surface area contributed by atoms with Crippen LogP contribution in [0, 0.1) is 11.6 Å². The molecule has 0 unspecified atom stereocenters. The third-order valence-corrected chi connectivity index (χ3v) is 5.02. The van der Waals surface area contributed by atoms with Gasteiger partial charge >= 0.3 is 0 Å². The van der Waals surface area contributed by atoms with Crippen LogP contribution in [0.3, 0.4) is 0 Å². The Kier molecular flexibility index (Phi) is 5.02. The molecule has 2 aromatic rings. The maximum absolute atomic E-state index is 13.6. The van der Waals surface area contributed by atoms with E-state index in [2.05, 4.69) is 4.72 Å². The molecule has 130 valence electrons. The van der Waals surface area contributed by atoms with Crippen molar-refractivity contribution in [3.8, 4) is 0 Å². The van der Waals surface area contributed by atoms with Crippen LogP contribution in [0.15, 0.2) is 41.3 Å². The molecule has 0 aliphatic carbocycles. The van der Waals surface area contributed by atoms with E-state index in [1.54, 1.807) is 0 Å². The summed E-state index contributed by atoms with van der Waals surface area (Å²) in [6, 6.07) is 6.32. The fourth-order valence-corrected chi connectivity index (χ4v) is 3.76. The second-order valence-electron chi connectivity index (χ2n) is 4.73. The van der Waals surface area contributed by atoms with E-state index in [4.69, 9.17) is 11.6 Å². The number of anilines is 2. The molecule has 2 N–H and O–H groups in total. The average molecular weight is 397 g/mol. The van der Waals surface area contributed by atoms with Gasteiger partial charge in [-0.1, -0.05) is 17.7 Å². The first-order valence-electron chi connectivity index (χ1n) is 6.24. The fraction of sp³-hybridized carbons (Fsp3) is 0.0769. The quantitative estimate of drug-likeness (QED) is 0.812. The van der Waals surface area contributed by atoms with E-state index < -0.39 is 36.6 Å². The van der Waals surface area contributed by atoms with Gasteiger partial charge in [-0.15, -0.1) is 0 Å². The van der Waals surface area contributed by atoms with E-state index in [0.717, 1.165) is 30.5 Å². The Hall–Kier alpha value is -1.91. The average Bonchev–Trinajstić information content (AvgIpc) is 2.43. The Morgan fingerprint density at radius 2 is 1.67 bits per heavy atom. The highest BCUT2D eigenvalue weighted by Crippen LogP contribution is 2.28. The summed E-state index contributed by atoms with van der Waals surface area (Å²) >= 11 is 5.87. The monoisotopic (exact) mass is 396 g/mol. The molecule has 0 radical (unpaired) electrons. The van der Waals surface area contributed by atoms with Gasteiger partial charge in [-0.2, -0.15) is 0 Å². The highest BCUT2D eigenvalue weighted by molar-refractivity contribution is 7.92. The largest absolute Gasteiger partial charge is 0.282 e. The lowest BCUT2D eigenvalue weighted by atomic mass is 10.3. The molecule has 0 aliphatic heterocycles. The summed E-state index contributed by atoms with van der Waals surface area (Å²) in [7, 11) is -7.96. The molecule has 24 heavy (non-hydrogen) atoms. The molecule has 0 bridgehead atoms. The summed E-state index contributed by atoms with van der Waals surface area (Å²) in [6.45, 7) is 0. The fourth-order valence-electron chi connectivity index (χ4n) is 1.76. The Morgan fingerprint density at radius 3 is 2.25 bits per heavy atom. The van der Waals surface area contributed by atoms with Gasteiger partial charge in [0.15, 0.2) is 11.6 Å². The number of nitrogens with one attached hydrogen (secondary N) is 2. The smallest absolute Gasteiger partial charge is 0.264 e. The van der Waals surface area contributed by atoms with E-state index in [0.29, 0.717) is 0 Å². The van der Waals surface area contributed by atoms with Gasteiger partial charge in [0.2, 0.25) is 10.0 Å². The number of sulfonamides is 2. The summed E-state index contributed by atoms with van der Waals surface area (Å²) in [5.74, 6) is -2.81. The number of hydrogen-bond acceptors (Lipinski definition) is 4. The molecule has 0 aliphatic rings. The van der Waals surface area contributed by atoms with E-state index in [9.17, 15) is 25.6 Å². The van der Waals surface area contributed by atoms with Crippen LogP contribution >= 0.6 is 11.6 Å². The summed E-state index contributed by atoms with van der Waals surface area (Å²) in [6.07, 6.45) is 0.923. The number of rotatable bonds is 5. The van der Waals surface area contributed by atoms with E-state index in [1.807, 2.05) is 4.72 Å². The standard InChI is InChI=1S/C13H11ClF2N2O4S2/c1-23(19,20)18-11-6-5-8(7-9(11)14)17-24(21,22)12-4-2-3-10(15)13(12)16/h2-7,17-18H,1H3. The molecule has 0 saturated heterocycles. The molecule has 0 saturated carbocycles. The maximum Gasteiger partial charge on any atom is 0.264 e. The van der Waals surface area contributed by atoms with Crippen molar-refractivity contribution in [3.63, 3.8) is 0 Å². The van der Waals surface area contributed by atoms with Crippen molar-refractivity contribution in [2.24, 2.45) is 0 Å². The maximum atomic E-state index is 13.6. The molecule has 6 nitrogen and oxygen atoms in total. The zero-order chi connectivity index (χ0) is 18.1. The van der Waals surface area contributed by atoms with E-state index in [-0.39, 0.29) is 16.4 Å². The number of hydrogen-bond donors (Lipinski definition) is 2. The minimum atomic E-state index is -4.39. The van der Waals surface area contributed by atoms with Crippen LogP contribution in [0.4, 0.5) is 20.2 Å².